The van der Waals surface area contributed by atoms with E-state index in [1.807, 2.05) is 24.3 Å². The first-order valence-electron chi connectivity index (χ1n) is 14.0. The SMILES string of the molecule is Cc1ccc(N(C)c2ccc3c(c2)Oc2cc(C)c(Nc4ccccc4)cc2C2=C(C=CCC2)C(=O)CC3)cc1. The van der Waals surface area contributed by atoms with Crippen molar-refractivity contribution >= 4 is 34.1 Å². The number of carbonyl (C=O) groups excluding carboxylic acids is 1. The second kappa shape index (κ2) is 10.9. The summed E-state index contributed by atoms with van der Waals surface area (Å²) >= 11 is 0. The summed E-state index contributed by atoms with van der Waals surface area (Å²) in [6.07, 6.45) is 6.92. The predicted octanol–water partition coefficient (Wildman–Crippen LogP) is 9.23. The van der Waals surface area contributed by atoms with Crippen LogP contribution in [0.15, 0.2) is 103 Å². The van der Waals surface area contributed by atoms with Crippen molar-refractivity contribution in [2.75, 3.05) is 17.3 Å². The van der Waals surface area contributed by atoms with Gasteiger partial charge in [-0.2, -0.15) is 0 Å². The van der Waals surface area contributed by atoms with Crippen molar-refractivity contribution in [2.24, 2.45) is 0 Å². The quantitative estimate of drug-likeness (QED) is 0.288. The van der Waals surface area contributed by atoms with Crippen LogP contribution in [0.25, 0.3) is 5.57 Å². The molecule has 0 radical (unpaired) electrons. The van der Waals surface area contributed by atoms with Gasteiger partial charge in [0.2, 0.25) is 0 Å². The van der Waals surface area contributed by atoms with Gasteiger partial charge >= 0.3 is 0 Å². The number of ether oxygens (including phenoxy) is 1. The molecular formula is C36H34N2O2. The number of nitrogens with zero attached hydrogens (tertiary/aromatic N) is 1. The fourth-order valence-electron chi connectivity index (χ4n) is 5.49. The Hall–Kier alpha value is -4.57. The molecule has 0 aromatic heterocycles. The number of ketones is 1. The summed E-state index contributed by atoms with van der Waals surface area (Å²) in [6, 6.07) is 29.3. The Morgan fingerprint density at radius 3 is 2.38 bits per heavy atom. The van der Waals surface area contributed by atoms with E-state index in [0.717, 1.165) is 74.9 Å². The maximum atomic E-state index is 13.5. The van der Waals surface area contributed by atoms with Gasteiger partial charge in [0.1, 0.15) is 11.5 Å². The lowest BCUT2D eigenvalue weighted by Crippen LogP contribution is -2.12. The molecule has 1 aliphatic carbocycles. The molecule has 0 atom stereocenters. The lowest BCUT2D eigenvalue weighted by Gasteiger charge is -2.25. The van der Waals surface area contributed by atoms with Crippen molar-refractivity contribution in [2.45, 2.75) is 39.5 Å². The average molecular weight is 527 g/mol. The monoisotopic (exact) mass is 526 g/mol. The first-order chi connectivity index (χ1) is 19.5. The van der Waals surface area contributed by atoms with Gasteiger partial charge in [-0.1, -0.05) is 54.1 Å². The van der Waals surface area contributed by atoms with E-state index in [1.165, 1.54) is 5.56 Å². The van der Waals surface area contributed by atoms with Crippen molar-refractivity contribution in [3.8, 4) is 11.5 Å². The van der Waals surface area contributed by atoms with E-state index in [0.29, 0.717) is 12.8 Å². The minimum Gasteiger partial charge on any atom is -0.456 e. The third-order valence-electron chi connectivity index (χ3n) is 7.88. The number of rotatable bonds is 4. The molecule has 0 saturated heterocycles. The smallest absolute Gasteiger partial charge is 0.163 e. The third kappa shape index (κ3) is 5.17. The Kier molecular flexibility index (Phi) is 7.00. The van der Waals surface area contributed by atoms with Crippen LogP contribution in [0.3, 0.4) is 0 Å². The Morgan fingerprint density at radius 2 is 1.57 bits per heavy atom. The molecule has 1 N–H and O–H groups in total. The second-order valence-corrected chi connectivity index (χ2v) is 10.7. The topological polar surface area (TPSA) is 41.6 Å². The molecule has 0 saturated carbocycles. The maximum Gasteiger partial charge on any atom is 0.163 e. The van der Waals surface area contributed by atoms with E-state index in [9.17, 15) is 4.79 Å². The van der Waals surface area contributed by atoms with E-state index in [1.54, 1.807) is 0 Å². The van der Waals surface area contributed by atoms with E-state index in [4.69, 9.17) is 4.74 Å². The van der Waals surface area contributed by atoms with Crippen molar-refractivity contribution in [3.05, 3.63) is 125 Å². The van der Waals surface area contributed by atoms with Gasteiger partial charge < -0.3 is 15.0 Å². The molecule has 200 valence electrons. The first kappa shape index (κ1) is 25.7. The Morgan fingerprint density at radius 1 is 0.800 bits per heavy atom. The highest BCUT2D eigenvalue weighted by Gasteiger charge is 2.24. The van der Waals surface area contributed by atoms with Crippen molar-refractivity contribution in [1.29, 1.82) is 0 Å². The zero-order chi connectivity index (χ0) is 27.6. The van der Waals surface area contributed by atoms with Crippen LogP contribution in [0.4, 0.5) is 22.7 Å². The summed E-state index contributed by atoms with van der Waals surface area (Å²) in [6.45, 7) is 4.19. The average Bonchev–Trinajstić information content (AvgIpc) is 2.98. The first-order valence-corrected chi connectivity index (χ1v) is 14.0. The molecule has 4 aromatic rings. The molecule has 0 spiro atoms. The van der Waals surface area contributed by atoms with Crippen LogP contribution >= 0.6 is 0 Å². The molecule has 2 aliphatic rings. The Labute approximate surface area is 236 Å². The van der Waals surface area contributed by atoms with Gasteiger partial charge in [0.05, 0.1) is 0 Å². The largest absolute Gasteiger partial charge is 0.456 e. The number of carbonyl (C=O) groups is 1. The highest BCUT2D eigenvalue weighted by molar-refractivity contribution is 6.06. The molecule has 40 heavy (non-hydrogen) atoms. The van der Waals surface area contributed by atoms with Gasteiger partial charge in [0.25, 0.3) is 0 Å². The number of hydrogen-bond acceptors (Lipinski definition) is 4. The number of aryl methyl sites for hydroxylation is 3. The number of fused-ring (bicyclic) bond motifs is 3. The van der Waals surface area contributed by atoms with Gasteiger partial charge in [-0.15, -0.1) is 0 Å². The van der Waals surface area contributed by atoms with Crippen molar-refractivity contribution in [1.82, 2.24) is 0 Å². The molecule has 1 heterocycles. The summed E-state index contributed by atoms with van der Waals surface area (Å²) in [5.41, 5.74) is 10.4. The van der Waals surface area contributed by atoms with Gasteiger partial charge in [0.15, 0.2) is 5.78 Å². The molecule has 0 bridgehead atoms. The fourth-order valence-corrected chi connectivity index (χ4v) is 5.49. The minimum atomic E-state index is 0.184. The highest BCUT2D eigenvalue weighted by Crippen LogP contribution is 2.43. The van der Waals surface area contributed by atoms with Crippen molar-refractivity contribution < 1.29 is 9.53 Å². The van der Waals surface area contributed by atoms with Gasteiger partial charge in [-0.05, 0) is 92.3 Å². The number of anilines is 4. The summed E-state index contributed by atoms with van der Waals surface area (Å²) in [7, 11) is 2.07. The Balaban J connectivity index is 1.46. The molecule has 0 unspecified atom stereocenters. The molecule has 4 heteroatoms. The van der Waals surface area contributed by atoms with Crippen LogP contribution in [0, 0.1) is 13.8 Å². The van der Waals surface area contributed by atoms with Gasteiger partial charge in [-0.25, -0.2) is 0 Å². The maximum absolute atomic E-state index is 13.5. The summed E-state index contributed by atoms with van der Waals surface area (Å²) in [5.74, 6) is 1.76. The molecule has 1 aliphatic heterocycles. The summed E-state index contributed by atoms with van der Waals surface area (Å²) < 4.78 is 6.81. The van der Waals surface area contributed by atoms with Crippen LogP contribution in [-0.2, 0) is 11.2 Å². The lowest BCUT2D eigenvalue weighted by atomic mass is 9.86. The molecule has 4 nitrogen and oxygen atoms in total. The number of Topliss-reactive ketones (excluding diaryl/α,β-unsaturated/α-hetero) is 1. The molecule has 0 amide bonds. The predicted molar refractivity (Wildman–Crippen MR) is 165 cm³/mol. The normalized spacial score (nSPS) is 14.5. The van der Waals surface area contributed by atoms with Crippen LogP contribution in [-0.4, -0.2) is 12.8 Å². The number of hydrogen-bond donors (Lipinski definition) is 1. The van der Waals surface area contributed by atoms with Crippen LogP contribution < -0.4 is 15.0 Å². The molecule has 4 aromatic carbocycles. The number of para-hydroxylation sites is 1. The van der Waals surface area contributed by atoms with E-state index >= 15 is 0 Å². The highest BCUT2D eigenvalue weighted by atomic mass is 16.5. The van der Waals surface area contributed by atoms with Crippen molar-refractivity contribution in [3.63, 3.8) is 0 Å². The standard InChI is InChI=1S/C36H34N2O2/c1-24-13-17-28(18-14-24)38(3)29-19-15-26-16-20-34(39)31-12-8-7-11-30(31)32-23-33(37-27-9-5-4-6-10-27)25(2)21-36(32)40-35(26)22-29/h4-6,8-10,12-15,17-19,21-23,37H,7,11,16,20H2,1-3H3. The molecule has 6 rings (SSSR count). The zero-order valence-corrected chi connectivity index (χ0v) is 23.3. The van der Waals surface area contributed by atoms with Gasteiger partial charge in [-0.3, -0.25) is 4.79 Å². The zero-order valence-electron chi connectivity index (χ0n) is 23.3. The Bertz CT molecular complexity index is 1630. The second-order valence-electron chi connectivity index (χ2n) is 10.7. The van der Waals surface area contributed by atoms with Crippen LogP contribution in [0.1, 0.15) is 41.5 Å². The fraction of sp³-hybridized carbons (Fsp3) is 0.194. The minimum absolute atomic E-state index is 0.184. The van der Waals surface area contributed by atoms with Crippen LogP contribution in [0.5, 0.6) is 11.5 Å². The lowest BCUT2D eigenvalue weighted by molar-refractivity contribution is -0.115. The summed E-state index contributed by atoms with van der Waals surface area (Å²) in [4.78, 5) is 15.7. The number of benzene rings is 4. The van der Waals surface area contributed by atoms with E-state index < -0.39 is 0 Å². The summed E-state index contributed by atoms with van der Waals surface area (Å²) in [5, 5.41) is 3.57. The molecule has 0 fully saturated rings. The molecular weight excluding hydrogens is 492 g/mol. The number of nitrogens with one attached hydrogen (secondary N) is 1. The van der Waals surface area contributed by atoms with Crippen LogP contribution in [0.2, 0.25) is 0 Å². The third-order valence-corrected chi connectivity index (χ3v) is 7.88. The van der Waals surface area contributed by atoms with E-state index in [2.05, 4.69) is 104 Å². The number of allylic oxidation sites excluding steroid dienone is 4. The van der Waals surface area contributed by atoms with Gasteiger partial charge in [0, 0.05) is 53.4 Å². The van der Waals surface area contributed by atoms with E-state index in [-0.39, 0.29) is 5.78 Å².